The van der Waals surface area contributed by atoms with Crippen molar-refractivity contribution < 1.29 is 13.2 Å². The number of amides is 1. The molecule has 3 rings (SSSR count). The van der Waals surface area contributed by atoms with E-state index in [2.05, 4.69) is 31.3 Å². The predicted octanol–water partition coefficient (Wildman–Crippen LogP) is 4.16. The van der Waals surface area contributed by atoms with E-state index in [9.17, 15) is 13.2 Å². The SMILES string of the molecule is Cc1ccc([C@H](C)NC(=O)[C@H]2CCCN(S(=O)(=O)CCCc3ccccc3)C2)cc1C. The minimum Gasteiger partial charge on any atom is -0.349 e. The maximum atomic E-state index is 12.9. The van der Waals surface area contributed by atoms with Gasteiger partial charge in [0.25, 0.3) is 0 Å². The Morgan fingerprint density at radius 2 is 1.87 bits per heavy atom. The van der Waals surface area contributed by atoms with E-state index >= 15 is 0 Å². The van der Waals surface area contributed by atoms with E-state index in [-0.39, 0.29) is 30.2 Å². The standard InChI is InChI=1S/C25H34N2O3S/c1-19-13-14-23(17-20(19)2)21(3)26-25(28)24-12-7-15-27(18-24)31(29,30)16-8-11-22-9-5-4-6-10-22/h4-6,9-10,13-14,17,21,24H,7-8,11-12,15-16,18H2,1-3H3,(H,26,28)/t21-,24-/m0/s1. The monoisotopic (exact) mass is 442 g/mol. The molecule has 5 nitrogen and oxygen atoms in total. The molecule has 1 amide bonds. The Bertz CT molecular complexity index is 989. The quantitative estimate of drug-likeness (QED) is 0.668. The van der Waals surface area contributed by atoms with Gasteiger partial charge in [0, 0.05) is 13.1 Å². The molecule has 1 aliphatic rings. The zero-order valence-electron chi connectivity index (χ0n) is 18.8. The topological polar surface area (TPSA) is 66.5 Å². The molecule has 0 saturated carbocycles. The van der Waals surface area contributed by atoms with E-state index in [1.807, 2.05) is 43.3 Å². The van der Waals surface area contributed by atoms with Crippen LogP contribution in [-0.2, 0) is 21.2 Å². The third-order valence-electron chi connectivity index (χ3n) is 6.25. The van der Waals surface area contributed by atoms with Crippen LogP contribution in [0, 0.1) is 19.8 Å². The maximum Gasteiger partial charge on any atom is 0.224 e. The summed E-state index contributed by atoms with van der Waals surface area (Å²) in [4.78, 5) is 12.9. The second-order valence-electron chi connectivity index (χ2n) is 8.68. The first-order valence-electron chi connectivity index (χ1n) is 11.2. The Labute approximate surface area is 186 Å². The molecule has 0 bridgehead atoms. The average Bonchev–Trinajstić information content (AvgIpc) is 2.76. The van der Waals surface area contributed by atoms with Gasteiger partial charge in [0.15, 0.2) is 0 Å². The Morgan fingerprint density at radius 1 is 1.13 bits per heavy atom. The number of piperidine rings is 1. The molecule has 6 heteroatoms. The molecule has 31 heavy (non-hydrogen) atoms. The fraction of sp³-hybridized carbons (Fsp3) is 0.480. The van der Waals surface area contributed by atoms with Crippen molar-refractivity contribution in [2.45, 2.75) is 52.5 Å². The van der Waals surface area contributed by atoms with Crippen LogP contribution in [0.2, 0.25) is 0 Å². The van der Waals surface area contributed by atoms with Crippen molar-refractivity contribution in [2.24, 2.45) is 5.92 Å². The van der Waals surface area contributed by atoms with E-state index in [4.69, 9.17) is 0 Å². The lowest BCUT2D eigenvalue weighted by molar-refractivity contribution is -0.126. The van der Waals surface area contributed by atoms with Gasteiger partial charge in [-0.3, -0.25) is 4.79 Å². The third kappa shape index (κ3) is 6.40. The van der Waals surface area contributed by atoms with Crippen LogP contribution in [0.25, 0.3) is 0 Å². The van der Waals surface area contributed by atoms with Crippen molar-refractivity contribution in [3.8, 4) is 0 Å². The molecule has 168 valence electrons. The van der Waals surface area contributed by atoms with Crippen molar-refractivity contribution in [1.82, 2.24) is 9.62 Å². The van der Waals surface area contributed by atoms with Crippen LogP contribution in [0.1, 0.15) is 54.5 Å². The second-order valence-corrected chi connectivity index (χ2v) is 10.8. The molecule has 0 aromatic heterocycles. The lowest BCUT2D eigenvalue weighted by Gasteiger charge is -2.32. The summed E-state index contributed by atoms with van der Waals surface area (Å²) in [5, 5.41) is 3.09. The Balaban J connectivity index is 1.54. The molecule has 1 N–H and O–H groups in total. The lowest BCUT2D eigenvalue weighted by Crippen LogP contribution is -2.46. The van der Waals surface area contributed by atoms with Crippen molar-refractivity contribution >= 4 is 15.9 Å². The number of nitrogens with one attached hydrogen (secondary N) is 1. The normalized spacial score (nSPS) is 18.5. The van der Waals surface area contributed by atoms with Crippen molar-refractivity contribution in [1.29, 1.82) is 0 Å². The van der Waals surface area contributed by atoms with Gasteiger partial charge in [-0.15, -0.1) is 0 Å². The summed E-state index contributed by atoms with van der Waals surface area (Å²) in [5.74, 6) is -0.239. The van der Waals surface area contributed by atoms with Crippen LogP contribution in [0.5, 0.6) is 0 Å². The molecule has 2 atom stereocenters. The van der Waals surface area contributed by atoms with Gasteiger partial charge in [-0.2, -0.15) is 0 Å². The summed E-state index contributed by atoms with van der Waals surface area (Å²) in [6.07, 6.45) is 2.77. The minimum atomic E-state index is -3.36. The molecule has 0 unspecified atom stereocenters. The Morgan fingerprint density at radius 3 is 2.58 bits per heavy atom. The predicted molar refractivity (Wildman–Crippen MR) is 125 cm³/mol. The number of benzene rings is 2. The highest BCUT2D eigenvalue weighted by molar-refractivity contribution is 7.89. The van der Waals surface area contributed by atoms with Gasteiger partial charge < -0.3 is 5.32 Å². The second kappa shape index (κ2) is 10.4. The maximum absolute atomic E-state index is 12.9. The molecule has 2 aromatic rings. The highest BCUT2D eigenvalue weighted by Crippen LogP contribution is 2.23. The molecule has 1 saturated heterocycles. The van der Waals surface area contributed by atoms with Gasteiger partial charge in [0.2, 0.25) is 15.9 Å². The van der Waals surface area contributed by atoms with Crippen LogP contribution in [0.15, 0.2) is 48.5 Å². The van der Waals surface area contributed by atoms with E-state index < -0.39 is 10.0 Å². The lowest BCUT2D eigenvalue weighted by atomic mass is 9.97. The van der Waals surface area contributed by atoms with E-state index in [1.54, 1.807) is 0 Å². The molecule has 2 aromatic carbocycles. The van der Waals surface area contributed by atoms with Gasteiger partial charge in [-0.1, -0.05) is 48.5 Å². The largest absolute Gasteiger partial charge is 0.349 e. The molecule has 1 fully saturated rings. The molecule has 0 spiro atoms. The summed E-state index contributed by atoms with van der Waals surface area (Å²) in [7, 11) is -3.36. The molecule has 0 radical (unpaired) electrons. The number of nitrogens with zero attached hydrogens (tertiary/aromatic N) is 1. The van der Waals surface area contributed by atoms with Gasteiger partial charge in [0.05, 0.1) is 17.7 Å². The van der Waals surface area contributed by atoms with Crippen LogP contribution >= 0.6 is 0 Å². The van der Waals surface area contributed by atoms with Crippen LogP contribution in [0.4, 0.5) is 0 Å². The van der Waals surface area contributed by atoms with Crippen molar-refractivity contribution in [3.63, 3.8) is 0 Å². The smallest absolute Gasteiger partial charge is 0.224 e. The number of hydrogen-bond acceptors (Lipinski definition) is 3. The van der Waals surface area contributed by atoms with Crippen molar-refractivity contribution in [2.75, 3.05) is 18.8 Å². The molecular weight excluding hydrogens is 408 g/mol. The highest BCUT2D eigenvalue weighted by atomic mass is 32.2. The first-order chi connectivity index (χ1) is 14.8. The van der Waals surface area contributed by atoms with Crippen molar-refractivity contribution in [3.05, 3.63) is 70.8 Å². The number of rotatable bonds is 8. The van der Waals surface area contributed by atoms with Crippen LogP contribution < -0.4 is 5.32 Å². The third-order valence-corrected chi connectivity index (χ3v) is 8.17. The number of carbonyl (C=O) groups is 1. The molecule has 0 aliphatic carbocycles. The summed E-state index contributed by atoms with van der Waals surface area (Å²) in [6.45, 7) is 6.89. The Kier molecular flexibility index (Phi) is 7.89. The number of aryl methyl sites for hydroxylation is 3. The summed E-state index contributed by atoms with van der Waals surface area (Å²) >= 11 is 0. The molecule has 1 heterocycles. The fourth-order valence-corrected chi connectivity index (χ4v) is 5.67. The molecule has 1 aliphatic heterocycles. The Hall–Kier alpha value is -2.18. The summed E-state index contributed by atoms with van der Waals surface area (Å²) in [6, 6.07) is 16.0. The number of sulfonamides is 1. The summed E-state index contributed by atoms with van der Waals surface area (Å²) < 4.78 is 27.2. The van der Waals surface area contributed by atoms with Gasteiger partial charge in [-0.05, 0) is 68.7 Å². The first kappa shape index (κ1) is 23.5. The molecular formula is C25H34N2O3S. The van der Waals surface area contributed by atoms with Gasteiger partial charge in [-0.25, -0.2) is 12.7 Å². The average molecular weight is 443 g/mol. The van der Waals surface area contributed by atoms with Gasteiger partial charge >= 0.3 is 0 Å². The summed E-state index contributed by atoms with van der Waals surface area (Å²) in [5.41, 5.74) is 4.64. The van der Waals surface area contributed by atoms with E-state index in [0.717, 1.165) is 24.0 Å². The van der Waals surface area contributed by atoms with Crippen LogP contribution in [0.3, 0.4) is 0 Å². The first-order valence-corrected chi connectivity index (χ1v) is 12.8. The van der Waals surface area contributed by atoms with E-state index in [1.165, 1.54) is 15.4 Å². The highest BCUT2D eigenvalue weighted by Gasteiger charge is 2.32. The van der Waals surface area contributed by atoms with Gasteiger partial charge in [0.1, 0.15) is 0 Å². The fourth-order valence-electron chi connectivity index (χ4n) is 4.09. The zero-order chi connectivity index (χ0) is 22.4. The number of carbonyl (C=O) groups excluding carboxylic acids is 1. The van der Waals surface area contributed by atoms with E-state index in [0.29, 0.717) is 19.4 Å². The van der Waals surface area contributed by atoms with Crippen LogP contribution in [-0.4, -0.2) is 37.5 Å². The number of hydrogen-bond donors (Lipinski definition) is 1. The minimum absolute atomic E-state index is 0.0603. The zero-order valence-corrected chi connectivity index (χ0v) is 19.6.